The highest BCUT2D eigenvalue weighted by atomic mass is 19.1. The number of pyridine rings is 1. The molecule has 0 fully saturated rings. The van der Waals surface area contributed by atoms with Gasteiger partial charge in [0.2, 0.25) is 5.91 Å². The molecular weight excluding hydrogens is 399 g/mol. The molecule has 2 N–H and O–H groups in total. The molecule has 1 amide bonds. The third-order valence-corrected chi connectivity index (χ3v) is 5.63. The van der Waals surface area contributed by atoms with Crippen molar-refractivity contribution >= 4 is 5.91 Å². The summed E-state index contributed by atoms with van der Waals surface area (Å²) in [6.07, 6.45) is 3.27. The van der Waals surface area contributed by atoms with Gasteiger partial charge in [0.25, 0.3) is 0 Å². The summed E-state index contributed by atoms with van der Waals surface area (Å²) < 4.78 is 19.3. The van der Waals surface area contributed by atoms with E-state index >= 15 is 0 Å². The minimum Gasteiger partial charge on any atom is -0.491 e. The molecule has 7 heteroatoms. The van der Waals surface area contributed by atoms with Gasteiger partial charge < -0.3 is 19.8 Å². The monoisotopic (exact) mass is 430 g/mol. The summed E-state index contributed by atoms with van der Waals surface area (Å²) in [5.74, 6) is 0.183. The van der Waals surface area contributed by atoms with Crippen LogP contribution in [-0.4, -0.2) is 57.9 Å². The van der Waals surface area contributed by atoms with Crippen LogP contribution < -0.4 is 4.74 Å². The summed E-state index contributed by atoms with van der Waals surface area (Å²) in [6.45, 7) is 2.74. The van der Waals surface area contributed by atoms with Crippen molar-refractivity contribution in [3.63, 3.8) is 0 Å². The number of aliphatic hydroxyl groups is 2. The van der Waals surface area contributed by atoms with Gasteiger partial charge in [-0.3, -0.25) is 9.78 Å². The smallest absolute Gasteiger partial charge is 0.227 e. The van der Waals surface area contributed by atoms with E-state index in [0.717, 1.165) is 36.1 Å². The Balaban J connectivity index is 1.66. The fourth-order valence-corrected chi connectivity index (χ4v) is 3.70. The number of hydrogen-bond acceptors (Lipinski definition) is 5. The van der Waals surface area contributed by atoms with E-state index in [1.807, 2.05) is 19.1 Å². The number of aryl methyl sites for hydroxylation is 2. The molecule has 0 radical (unpaired) electrons. The minimum absolute atomic E-state index is 0.0249. The Morgan fingerprint density at radius 3 is 2.77 bits per heavy atom. The molecule has 1 aromatic carbocycles. The van der Waals surface area contributed by atoms with Gasteiger partial charge in [0.1, 0.15) is 24.3 Å². The quantitative estimate of drug-likeness (QED) is 0.766. The normalized spacial score (nSPS) is 21.0. The molecule has 1 aromatic heterocycles. The number of aromatic nitrogens is 1. The highest BCUT2D eigenvalue weighted by molar-refractivity contribution is 5.78. The molecule has 2 atom stereocenters. The van der Waals surface area contributed by atoms with E-state index in [2.05, 4.69) is 4.98 Å². The lowest BCUT2D eigenvalue weighted by Gasteiger charge is -2.26. The first-order valence-corrected chi connectivity index (χ1v) is 10.9. The summed E-state index contributed by atoms with van der Waals surface area (Å²) in [5.41, 5.74) is 2.50. The lowest BCUT2D eigenvalue weighted by molar-refractivity contribution is -0.131. The van der Waals surface area contributed by atoms with E-state index in [1.54, 1.807) is 17.2 Å². The number of ether oxygens (including phenoxy) is 1. The largest absolute Gasteiger partial charge is 0.491 e. The summed E-state index contributed by atoms with van der Waals surface area (Å²) >= 11 is 0. The predicted octanol–water partition coefficient (Wildman–Crippen LogP) is 2.82. The van der Waals surface area contributed by atoms with Crippen molar-refractivity contribution in [2.24, 2.45) is 0 Å². The average molecular weight is 431 g/mol. The van der Waals surface area contributed by atoms with Gasteiger partial charge in [-0.1, -0.05) is 12.5 Å². The van der Waals surface area contributed by atoms with E-state index in [0.29, 0.717) is 25.3 Å². The zero-order chi connectivity index (χ0) is 22.2. The number of benzene rings is 1. The van der Waals surface area contributed by atoms with Crippen LogP contribution >= 0.6 is 0 Å². The molecule has 6 nitrogen and oxygen atoms in total. The Bertz CT molecular complexity index is 859. The number of halogens is 1. The van der Waals surface area contributed by atoms with Crippen LogP contribution in [0.15, 0.2) is 36.5 Å². The van der Waals surface area contributed by atoms with E-state index in [-0.39, 0.29) is 31.2 Å². The number of hydrogen-bond donors (Lipinski definition) is 2. The predicted molar refractivity (Wildman–Crippen MR) is 115 cm³/mol. The molecule has 0 unspecified atom stereocenters. The molecule has 3 rings (SSSR count). The van der Waals surface area contributed by atoms with E-state index in [1.165, 1.54) is 12.1 Å². The fraction of sp³-hybridized carbons (Fsp3) is 0.500. The lowest BCUT2D eigenvalue weighted by atomic mass is 10.0. The van der Waals surface area contributed by atoms with Crippen molar-refractivity contribution < 1.29 is 24.1 Å². The molecule has 1 aliphatic rings. The number of carbonyl (C=O) groups is 1. The maximum absolute atomic E-state index is 13.7. The molecule has 0 spiro atoms. The second-order valence-electron chi connectivity index (χ2n) is 8.16. The van der Waals surface area contributed by atoms with Crippen molar-refractivity contribution in [1.29, 1.82) is 0 Å². The highest BCUT2D eigenvalue weighted by Gasteiger charge is 2.22. The fourth-order valence-electron chi connectivity index (χ4n) is 3.70. The average Bonchev–Trinajstić information content (AvgIpc) is 2.75. The Hall–Kier alpha value is -2.51. The Labute approximate surface area is 182 Å². The maximum atomic E-state index is 13.7. The maximum Gasteiger partial charge on any atom is 0.227 e. The van der Waals surface area contributed by atoms with Crippen molar-refractivity contribution in [3.05, 3.63) is 59.2 Å². The standard InChI is InChI=1S/C24H31FN2O4/c1-17-6-7-18(15-26-17)13-24(30)27-11-4-2-3-5-19-14-20(25)8-9-23(19)31-16-22(29)21(28)10-12-27/h6-9,14-15,21-22,28-29H,2-5,10-13,16H2,1H3/t21-,22+/m0/s1. The van der Waals surface area contributed by atoms with Gasteiger partial charge in [-0.05, 0) is 68.0 Å². The third kappa shape index (κ3) is 7.01. The van der Waals surface area contributed by atoms with Crippen LogP contribution in [0.5, 0.6) is 5.75 Å². The second-order valence-corrected chi connectivity index (χ2v) is 8.16. The molecule has 168 valence electrons. The number of fused-ring (bicyclic) bond motifs is 1. The van der Waals surface area contributed by atoms with E-state index in [9.17, 15) is 19.4 Å². The molecule has 0 saturated carbocycles. The number of nitrogens with zero attached hydrogens (tertiary/aromatic N) is 2. The molecule has 0 bridgehead atoms. The van der Waals surface area contributed by atoms with Gasteiger partial charge in [-0.2, -0.15) is 0 Å². The lowest BCUT2D eigenvalue weighted by Crippen LogP contribution is -2.39. The van der Waals surface area contributed by atoms with Crippen LogP contribution in [0.1, 0.15) is 42.5 Å². The van der Waals surface area contributed by atoms with Crippen LogP contribution in [-0.2, 0) is 17.6 Å². The van der Waals surface area contributed by atoms with Crippen molar-refractivity contribution in [3.8, 4) is 5.75 Å². The topological polar surface area (TPSA) is 82.9 Å². The van der Waals surface area contributed by atoms with Gasteiger partial charge in [-0.25, -0.2) is 4.39 Å². The summed E-state index contributed by atoms with van der Waals surface area (Å²) in [7, 11) is 0. The zero-order valence-corrected chi connectivity index (χ0v) is 18.0. The summed E-state index contributed by atoms with van der Waals surface area (Å²) in [5, 5.41) is 20.7. The molecule has 0 aliphatic carbocycles. The third-order valence-electron chi connectivity index (χ3n) is 5.63. The highest BCUT2D eigenvalue weighted by Crippen LogP contribution is 2.23. The van der Waals surface area contributed by atoms with Gasteiger partial charge in [0, 0.05) is 25.0 Å². The van der Waals surface area contributed by atoms with Crippen LogP contribution in [0.2, 0.25) is 0 Å². The number of carbonyl (C=O) groups excluding carboxylic acids is 1. The first-order chi connectivity index (χ1) is 14.9. The summed E-state index contributed by atoms with van der Waals surface area (Å²) in [4.78, 5) is 18.9. The van der Waals surface area contributed by atoms with E-state index in [4.69, 9.17) is 4.74 Å². The molecular formula is C24H31FN2O4. The van der Waals surface area contributed by atoms with Gasteiger partial charge in [0.15, 0.2) is 0 Å². The van der Waals surface area contributed by atoms with E-state index < -0.39 is 12.2 Å². The summed E-state index contributed by atoms with van der Waals surface area (Å²) in [6, 6.07) is 8.13. The Morgan fingerprint density at radius 2 is 2.00 bits per heavy atom. The first-order valence-electron chi connectivity index (χ1n) is 10.9. The SMILES string of the molecule is Cc1ccc(CC(=O)N2CCCCCc3cc(F)ccc3OC[C@@H](O)[C@@H](O)CC2)cn1. The van der Waals surface area contributed by atoms with Crippen molar-refractivity contribution in [2.45, 2.75) is 57.7 Å². The number of rotatable bonds is 2. The van der Waals surface area contributed by atoms with Crippen molar-refractivity contribution in [2.75, 3.05) is 19.7 Å². The molecule has 0 saturated heterocycles. The van der Waals surface area contributed by atoms with Crippen LogP contribution in [0, 0.1) is 12.7 Å². The van der Waals surface area contributed by atoms with Gasteiger partial charge in [-0.15, -0.1) is 0 Å². The van der Waals surface area contributed by atoms with Gasteiger partial charge in [0.05, 0.1) is 12.5 Å². The van der Waals surface area contributed by atoms with Crippen LogP contribution in [0.25, 0.3) is 0 Å². The second kappa shape index (κ2) is 11.2. The van der Waals surface area contributed by atoms with Crippen molar-refractivity contribution in [1.82, 2.24) is 9.88 Å². The molecule has 2 aromatic rings. The minimum atomic E-state index is -1.10. The zero-order valence-electron chi connectivity index (χ0n) is 18.0. The van der Waals surface area contributed by atoms with Crippen LogP contribution in [0.3, 0.4) is 0 Å². The molecule has 31 heavy (non-hydrogen) atoms. The number of amides is 1. The Kier molecular flexibility index (Phi) is 8.37. The molecule has 1 aliphatic heterocycles. The van der Waals surface area contributed by atoms with Gasteiger partial charge >= 0.3 is 0 Å². The number of aliphatic hydroxyl groups excluding tert-OH is 2. The van der Waals surface area contributed by atoms with Crippen LogP contribution in [0.4, 0.5) is 4.39 Å². The first kappa shape index (κ1) is 23.2. The molecule has 2 heterocycles. The Morgan fingerprint density at radius 1 is 1.16 bits per heavy atom.